The number of hydrogen-bond acceptors (Lipinski definition) is 3. The predicted octanol–water partition coefficient (Wildman–Crippen LogP) is 2.73. The molecule has 0 spiro atoms. The summed E-state index contributed by atoms with van der Waals surface area (Å²) in [6.45, 7) is 11.2. The van der Waals surface area contributed by atoms with E-state index in [2.05, 4.69) is 11.8 Å². The second kappa shape index (κ2) is 6.41. The Labute approximate surface area is 111 Å². The summed E-state index contributed by atoms with van der Waals surface area (Å²) in [4.78, 5) is 16.2. The van der Waals surface area contributed by atoms with Crippen LogP contribution in [-0.2, 0) is 4.74 Å². The molecule has 0 saturated carbocycles. The molecule has 4 nitrogen and oxygen atoms in total. The first-order valence-electron chi connectivity index (χ1n) is 7.01. The molecule has 0 aromatic carbocycles. The third kappa shape index (κ3) is 4.84. The Balaban J connectivity index is 2.50. The number of hydrogen-bond donors (Lipinski definition) is 0. The lowest BCUT2D eigenvalue weighted by Crippen LogP contribution is -2.49. The molecule has 18 heavy (non-hydrogen) atoms. The van der Waals surface area contributed by atoms with Crippen molar-refractivity contribution in [3.05, 3.63) is 0 Å². The number of carbonyl (C=O) groups is 1. The van der Waals surface area contributed by atoms with Gasteiger partial charge >= 0.3 is 6.09 Å². The zero-order chi connectivity index (χ0) is 13.8. The van der Waals surface area contributed by atoms with Gasteiger partial charge in [0.2, 0.25) is 0 Å². The quantitative estimate of drug-likeness (QED) is 0.778. The molecule has 1 atom stereocenters. The summed E-state index contributed by atoms with van der Waals surface area (Å²) in [5, 5.41) is 0. The number of carbonyl (C=O) groups excluding carboxylic acids is 1. The minimum absolute atomic E-state index is 0.203. The van der Waals surface area contributed by atoms with Crippen molar-refractivity contribution < 1.29 is 9.53 Å². The molecule has 1 unspecified atom stereocenters. The van der Waals surface area contributed by atoms with Crippen LogP contribution in [0.5, 0.6) is 0 Å². The molecule has 1 fully saturated rings. The smallest absolute Gasteiger partial charge is 0.410 e. The Bertz CT molecular complexity index is 271. The average Bonchev–Trinajstić information content (AvgIpc) is 2.26. The molecule has 0 N–H and O–H groups in total. The summed E-state index contributed by atoms with van der Waals surface area (Å²) in [6, 6.07) is 0.292. The number of nitrogens with zero attached hydrogens (tertiary/aromatic N) is 2. The molecule has 106 valence electrons. The van der Waals surface area contributed by atoms with Crippen LogP contribution in [0.4, 0.5) is 4.79 Å². The summed E-state index contributed by atoms with van der Waals surface area (Å²) < 4.78 is 5.42. The fourth-order valence-electron chi connectivity index (χ4n) is 2.35. The lowest BCUT2D eigenvalue weighted by Gasteiger charge is -2.38. The largest absolute Gasteiger partial charge is 0.444 e. The van der Waals surface area contributed by atoms with Crippen LogP contribution in [0, 0.1) is 0 Å². The minimum atomic E-state index is -0.414. The maximum Gasteiger partial charge on any atom is 0.410 e. The number of likely N-dealkylation sites (tertiary alicyclic amines) is 1. The van der Waals surface area contributed by atoms with Crippen molar-refractivity contribution in [3.63, 3.8) is 0 Å². The van der Waals surface area contributed by atoms with E-state index in [9.17, 15) is 4.79 Å². The molecular formula is C14H28N2O2. The van der Waals surface area contributed by atoms with Crippen molar-refractivity contribution in [2.24, 2.45) is 0 Å². The van der Waals surface area contributed by atoms with Gasteiger partial charge in [0.1, 0.15) is 5.60 Å². The highest BCUT2D eigenvalue weighted by atomic mass is 16.6. The van der Waals surface area contributed by atoms with Gasteiger partial charge in [-0.25, -0.2) is 4.79 Å². The van der Waals surface area contributed by atoms with Gasteiger partial charge in [-0.3, -0.25) is 0 Å². The number of ether oxygens (including phenoxy) is 1. The molecule has 0 aliphatic carbocycles. The van der Waals surface area contributed by atoms with Gasteiger partial charge in [0.15, 0.2) is 0 Å². The van der Waals surface area contributed by atoms with Gasteiger partial charge in [0, 0.05) is 19.6 Å². The van der Waals surface area contributed by atoms with Crippen LogP contribution in [-0.4, -0.2) is 54.2 Å². The van der Waals surface area contributed by atoms with Crippen molar-refractivity contribution in [1.29, 1.82) is 0 Å². The van der Waals surface area contributed by atoms with Crippen LogP contribution in [0.3, 0.4) is 0 Å². The van der Waals surface area contributed by atoms with Crippen molar-refractivity contribution >= 4 is 6.09 Å². The monoisotopic (exact) mass is 256 g/mol. The first-order chi connectivity index (χ1) is 8.33. The Kier molecular flexibility index (Phi) is 5.45. The Hall–Kier alpha value is -0.770. The highest BCUT2D eigenvalue weighted by Crippen LogP contribution is 2.17. The van der Waals surface area contributed by atoms with Crippen molar-refractivity contribution in [2.75, 3.05) is 26.7 Å². The molecule has 1 aliphatic heterocycles. The SMILES string of the molecule is CCCN1CCCC(N(C)C(=O)OC(C)(C)C)C1. The molecule has 1 rings (SSSR count). The van der Waals surface area contributed by atoms with Gasteiger partial charge in [-0.2, -0.15) is 0 Å². The summed E-state index contributed by atoms with van der Waals surface area (Å²) in [7, 11) is 1.86. The van der Waals surface area contributed by atoms with Crippen LogP contribution in [0.15, 0.2) is 0 Å². The standard InChI is InChI=1S/C14H28N2O2/c1-6-9-16-10-7-8-12(11-16)15(5)13(17)18-14(2,3)4/h12H,6-11H2,1-5H3. The second-order valence-corrected chi connectivity index (χ2v) is 6.19. The molecule has 0 bridgehead atoms. The van der Waals surface area contributed by atoms with Crippen molar-refractivity contribution in [3.8, 4) is 0 Å². The van der Waals surface area contributed by atoms with E-state index in [4.69, 9.17) is 4.74 Å². The molecule has 4 heteroatoms. The maximum atomic E-state index is 12.0. The summed E-state index contributed by atoms with van der Waals surface area (Å²) in [5.74, 6) is 0. The molecule has 1 aliphatic rings. The number of piperidine rings is 1. The van der Waals surface area contributed by atoms with Gasteiger partial charge in [0.05, 0.1) is 0 Å². The summed E-state index contributed by atoms with van der Waals surface area (Å²) >= 11 is 0. The van der Waals surface area contributed by atoms with Gasteiger partial charge < -0.3 is 14.5 Å². The minimum Gasteiger partial charge on any atom is -0.444 e. The molecule has 1 heterocycles. The fraction of sp³-hybridized carbons (Fsp3) is 0.929. The second-order valence-electron chi connectivity index (χ2n) is 6.19. The van der Waals surface area contributed by atoms with Crippen molar-refractivity contribution in [2.45, 2.75) is 58.6 Å². The molecule has 0 radical (unpaired) electrons. The number of rotatable bonds is 3. The Morgan fingerprint density at radius 2 is 2.11 bits per heavy atom. The van der Waals surface area contributed by atoms with E-state index in [0.29, 0.717) is 6.04 Å². The van der Waals surface area contributed by atoms with Gasteiger partial charge in [-0.15, -0.1) is 0 Å². The zero-order valence-electron chi connectivity index (χ0n) is 12.5. The first-order valence-corrected chi connectivity index (χ1v) is 7.01. The van der Waals surface area contributed by atoms with E-state index in [-0.39, 0.29) is 6.09 Å². The zero-order valence-corrected chi connectivity index (χ0v) is 12.5. The molecule has 0 aromatic rings. The number of likely N-dealkylation sites (N-methyl/N-ethyl adjacent to an activating group) is 1. The van der Waals surface area contributed by atoms with Crippen LogP contribution in [0.1, 0.15) is 47.0 Å². The third-order valence-corrected chi connectivity index (χ3v) is 3.25. The van der Waals surface area contributed by atoms with E-state index < -0.39 is 5.60 Å². The fourth-order valence-corrected chi connectivity index (χ4v) is 2.35. The highest BCUT2D eigenvalue weighted by molar-refractivity contribution is 5.68. The first kappa shape index (κ1) is 15.3. The number of amides is 1. The van der Waals surface area contributed by atoms with Crippen molar-refractivity contribution in [1.82, 2.24) is 9.80 Å². The highest BCUT2D eigenvalue weighted by Gasteiger charge is 2.28. The maximum absolute atomic E-state index is 12.0. The predicted molar refractivity (Wildman–Crippen MR) is 73.8 cm³/mol. The van der Waals surface area contributed by atoms with Crippen LogP contribution in [0.2, 0.25) is 0 Å². The van der Waals surface area contributed by atoms with Crippen LogP contribution in [0.25, 0.3) is 0 Å². The van der Waals surface area contributed by atoms with E-state index in [0.717, 1.165) is 32.5 Å². The Morgan fingerprint density at radius 1 is 1.44 bits per heavy atom. The molecular weight excluding hydrogens is 228 g/mol. The van der Waals surface area contributed by atoms with Crippen LogP contribution >= 0.6 is 0 Å². The lowest BCUT2D eigenvalue weighted by molar-refractivity contribution is 0.0135. The third-order valence-electron chi connectivity index (χ3n) is 3.25. The topological polar surface area (TPSA) is 32.8 Å². The van der Waals surface area contributed by atoms with E-state index >= 15 is 0 Å². The molecule has 0 aromatic heterocycles. The summed E-state index contributed by atoms with van der Waals surface area (Å²) in [6.07, 6.45) is 3.21. The lowest BCUT2D eigenvalue weighted by atomic mass is 10.0. The molecule has 1 amide bonds. The van der Waals surface area contributed by atoms with Gasteiger partial charge in [-0.1, -0.05) is 6.92 Å². The van der Waals surface area contributed by atoms with E-state index in [1.54, 1.807) is 4.90 Å². The van der Waals surface area contributed by atoms with E-state index in [1.807, 2.05) is 27.8 Å². The van der Waals surface area contributed by atoms with Crippen LogP contribution < -0.4 is 0 Å². The van der Waals surface area contributed by atoms with Gasteiger partial charge in [0.25, 0.3) is 0 Å². The average molecular weight is 256 g/mol. The Morgan fingerprint density at radius 3 is 2.67 bits per heavy atom. The van der Waals surface area contributed by atoms with E-state index in [1.165, 1.54) is 6.42 Å². The normalized spacial score (nSPS) is 21.7. The molecule has 1 saturated heterocycles. The summed E-state index contributed by atoms with van der Waals surface area (Å²) in [5.41, 5.74) is -0.414. The van der Waals surface area contributed by atoms with Gasteiger partial charge in [-0.05, 0) is 53.1 Å².